The summed E-state index contributed by atoms with van der Waals surface area (Å²) >= 11 is 0. The number of ether oxygens (including phenoxy) is 2. The van der Waals surface area contributed by atoms with E-state index in [1.807, 2.05) is 58.0 Å². The van der Waals surface area contributed by atoms with Gasteiger partial charge in [-0.1, -0.05) is 52.0 Å². The minimum atomic E-state index is -0.637. The van der Waals surface area contributed by atoms with Gasteiger partial charge in [0.1, 0.15) is 22.9 Å². The van der Waals surface area contributed by atoms with Crippen LogP contribution in [0.2, 0.25) is 0 Å². The summed E-state index contributed by atoms with van der Waals surface area (Å²) in [6.07, 6.45) is 5.81. The van der Waals surface area contributed by atoms with Crippen molar-refractivity contribution in [2.75, 3.05) is 13.2 Å². The summed E-state index contributed by atoms with van der Waals surface area (Å²) in [5.74, 6) is -1.66. The molecule has 1 aliphatic heterocycles. The molecule has 3 heterocycles. The molecule has 2 aromatic heterocycles. The SMILES string of the molecule is CC(C)(CNC(=O)OC(C)(C)C)COC(=O)c1[nH]nc2c1C(C=Cc1ccc(-c3cccc(F)c3)cn1)C1C(=O)CC(C)(C)CC1=N2. The Bertz CT molecular complexity index is 1730. The fraction of sp³-hybridized carbons (Fsp3) is 0.444. The quantitative estimate of drug-likeness (QED) is 0.248. The van der Waals surface area contributed by atoms with E-state index >= 15 is 0 Å². The van der Waals surface area contributed by atoms with Crippen molar-refractivity contribution in [2.45, 2.75) is 72.8 Å². The smallest absolute Gasteiger partial charge is 0.407 e. The van der Waals surface area contributed by atoms with Crippen molar-refractivity contribution in [1.29, 1.82) is 0 Å². The van der Waals surface area contributed by atoms with Crippen LogP contribution in [0.4, 0.5) is 15.0 Å². The molecular weight excluding hydrogens is 601 g/mol. The lowest BCUT2D eigenvalue weighted by Gasteiger charge is -2.39. The zero-order valence-electron chi connectivity index (χ0n) is 27.9. The van der Waals surface area contributed by atoms with Gasteiger partial charge >= 0.3 is 12.1 Å². The zero-order chi connectivity index (χ0) is 34.1. The number of pyridine rings is 1. The number of amides is 1. The molecule has 11 heteroatoms. The van der Waals surface area contributed by atoms with Crippen LogP contribution in [0, 0.1) is 22.6 Å². The van der Waals surface area contributed by atoms with Crippen LogP contribution in [0.1, 0.15) is 89.0 Å². The van der Waals surface area contributed by atoms with Gasteiger partial charge in [-0.15, -0.1) is 0 Å². The lowest BCUT2D eigenvalue weighted by Crippen LogP contribution is -2.42. The number of hydrogen-bond donors (Lipinski definition) is 2. The third-order valence-corrected chi connectivity index (χ3v) is 8.07. The normalized spacial score (nSPS) is 19.1. The van der Waals surface area contributed by atoms with Gasteiger partial charge in [-0.2, -0.15) is 5.10 Å². The van der Waals surface area contributed by atoms with Gasteiger partial charge in [0.05, 0.1) is 18.2 Å². The third-order valence-electron chi connectivity index (χ3n) is 8.07. The number of carbonyl (C=O) groups is 3. The second-order valence-electron chi connectivity index (χ2n) is 14.9. The number of aromatic nitrogens is 3. The summed E-state index contributed by atoms with van der Waals surface area (Å²) < 4.78 is 24.8. The lowest BCUT2D eigenvalue weighted by molar-refractivity contribution is -0.124. The highest BCUT2D eigenvalue weighted by Gasteiger charge is 2.46. The highest BCUT2D eigenvalue weighted by Crippen LogP contribution is 2.47. The largest absolute Gasteiger partial charge is 0.460 e. The number of alkyl carbamates (subject to hydrolysis) is 1. The summed E-state index contributed by atoms with van der Waals surface area (Å²) in [5, 5.41) is 9.90. The fourth-order valence-electron chi connectivity index (χ4n) is 5.91. The number of Topliss-reactive ketones (excluding diaryl/α,β-unsaturated/α-hetero) is 1. The number of ketones is 1. The van der Waals surface area contributed by atoms with Crippen molar-refractivity contribution < 1.29 is 28.2 Å². The van der Waals surface area contributed by atoms with Crippen LogP contribution in [0.5, 0.6) is 0 Å². The Morgan fingerprint density at radius 3 is 2.55 bits per heavy atom. The number of nitrogens with zero attached hydrogens (tertiary/aromatic N) is 3. The Morgan fingerprint density at radius 1 is 1.11 bits per heavy atom. The number of halogens is 1. The van der Waals surface area contributed by atoms with E-state index in [1.165, 1.54) is 12.1 Å². The molecule has 47 heavy (non-hydrogen) atoms. The second kappa shape index (κ2) is 12.8. The van der Waals surface area contributed by atoms with Crippen LogP contribution in [-0.4, -0.2) is 57.5 Å². The minimum absolute atomic E-state index is 0.00256. The number of nitrogens with one attached hydrogen (secondary N) is 2. The van der Waals surface area contributed by atoms with Gasteiger partial charge in [-0.3, -0.25) is 14.9 Å². The number of aromatic amines is 1. The van der Waals surface area contributed by atoms with Gasteiger partial charge in [0.2, 0.25) is 0 Å². The maximum Gasteiger partial charge on any atom is 0.407 e. The average Bonchev–Trinajstić information content (AvgIpc) is 3.40. The number of aliphatic imine (C=N–C) groups is 1. The molecule has 2 unspecified atom stereocenters. The number of benzene rings is 1. The molecule has 0 bridgehead atoms. The third kappa shape index (κ3) is 8.19. The van der Waals surface area contributed by atoms with Gasteiger partial charge in [0, 0.05) is 47.3 Å². The number of H-pyrrole nitrogens is 1. The Labute approximate surface area is 274 Å². The molecular formula is C36H42FN5O5. The first-order chi connectivity index (χ1) is 22.0. The van der Waals surface area contributed by atoms with Gasteiger partial charge < -0.3 is 14.8 Å². The Hall–Kier alpha value is -4.67. The van der Waals surface area contributed by atoms with Crippen molar-refractivity contribution >= 4 is 35.5 Å². The second-order valence-corrected chi connectivity index (χ2v) is 14.9. The lowest BCUT2D eigenvalue weighted by atomic mass is 9.65. The average molecular weight is 644 g/mol. The van der Waals surface area contributed by atoms with E-state index in [1.54, 1.807) is 33.0 Å². The molecule has 2 atom stereocenters. The van der Waals surface area contributed by atoms with E-state index in [2.05, 4.69) is 20.5 Å². The number of esters is 1. The van der Waals surface area contributed by atoms with E-state index in [4.69, 9.17) is 14.5 Å². The van der Waals surface area contributed by atoms with E-state index in [0.29, 0.717) is 35.5 Å². The summed E-state index contributed by atoms with van der Waals surface area (Å²) in [6.45, 7) is 13.4. The molecule has 1 fully saturated rings. The Kier molecular flexibility index (Phi) is 9.21. The molecule has 0 saturated heterocycles. The van der Waals surface area contributed by atoms with Crippen molar-refractivity contribution in [3.63, 3.8) is 0 Å². The molecule has 10 nitrogen and oxygen atoms in total. The van der Waals surface area contributed by atoms with Crippen LogP contribution in [-0.2, 0) is 14.3 Å². The molecule has 1 amide bonds. The van der Waals surface area contributed by atoms with E-state index in [9.17, 15) is 18.8 Å². The summed E-state index contributed by atoms with van der Waals surface area (Å²) in [5.41, 5.74) is 1.99. The van der Waals surface area contributed by atoms with Gasteiger partial charge in [0.25, 0.3) is 0 Å². The van der Waals surface area contributed by atoms with Gasteiger partial charge in [0.15, 0.2) is 5.82 Å². The number of hydrogen-bond acceptors (Lipinski definition) is 8. The predicted molar refractivity (Wildman–Crippen MR) is 177 cm³/mol. The number of allylic oxidation sites excluding steroid dienone is 1. The van der Waals surface area contributed by atoms with Crippen LogP contribution < -0.4 is 5.32 Å². The van der Waals surface area contributed by atoms with Gasteiger partial charge in [-0.05, 0) is 62.4 Å². The van der Waals surface area contributed by atoms with Gasteiger partial charge in [-0.25, -0.2) is 19.0 Å². The van der Waals surface area contributed by atoms with E-state index in [-0.39, 0.29) is 35.9 Å². The number of carbonyl (C=O) groups excluding carboxylic acids is 3. The van der Waals surface area contributed by atoms with E-state index < -0.39 is 34.9 Å². The summed E-state index contributed by atoms with van der Waals surface area (Å²) in [7, 11) is 0. The summed E-state index contributed by atoms with van der Waals surface area (Å²) in [6, 6.07) is 9.98. The maximum absolute atomic E-state index is 13.7. The Morgan fingerprint density at radius 2 is 1.87 bits per heavy atom. The highest BCUT2D eigenvalue weighted by molar-refractivity contribution is 6.11. The molecule has 2 N–H and O–H groups in total. The standard InChI is InChI=1S/C36H42FN5O5/c1-34(2,3)47-33(45)39-19-36(6,7)20-46-32(44)30-29-25(28-26(40-31(29)42-41-30)16-35(4,5)17-27(28)43)14-13-24-12-11-22(18-38-24)21-9-8-10-23(37)15-21/h8-15,18,25,28H,16-17,19-20H2,1-7H3,(H,39,45)(H,41,42). The highest BCUT2D eigenvalue weighted by atomic mass is 19.1. The van der Waals surface area contributed by atoms with Crippen LogP contribution in [0.25, 0.3) is 17.2 Å². The van der Waals surface area contributed by atoms with Crippen LogP contribution in [0.15, 0.2) is 53.7 Å². The van der Waals surface area contributed by atoms with Crippen molar-refractivity contribution in [1.82, 2.24) is 20.5 Å². The van der Waals surface area contributed by atoms with Crippen molar-refractivity contribution in [3.05, 3.63) is 71.4 Å². The molecule has 0 spiro atoms. The monoisotopic (exact) mass is 643 g/mol. The van der Waals surface area contributed by atoms with E-state index in [0.717, 1.165) is 11.3 Å². The molecule has 0 radical (unpaired) electrons. The topological polar surface area (TPSA) is 136 Å². The molecule has 3 aromatic rings. The molecule has 1 saturated carbocycles. The van der Waals surface area contributed by atoms with Crippen molar-refractivity contribution in [2.24, 2.45) is 21.7 Å². The van der Waals surface area contributed by atoms with Crippen LogP contribution >= 0.6 is 0 Å². The fourth-order valence-corrected chi connectivity index (χ4v) is 5.91. The first-order valence-electron chi connectivity index (χ1n) is 15.7. The zero-order valence-corrected chi connectivity index (χ0v) is 27.9. The minimum Gasteiger partial charge on any atom is -0.460 e. The maximum atomic E-state index is 13.7. The first-order valence-corrected chi connectivity index (χ1v) is 15.7. The predicted octanol–water partition coefficient (Wildman–Crippen LogP) is 7.21. The van der Waals surface area contributed by atoms with Crippen molar-refractivity contribution in [3.8, 4) is 11.1 Å². The Balaban J connectivity index is 1.38. The first kappa shape index (κ1) is 33.7. The molecule has 1 aromatic carbocycles. The number of rotatable bonds is 8. The summed E-state index contributed by atoms with van der Waals surface area (Å²) in [4.78, 5) is 48.6. The molecule has 248 valence electrons. The van der Waals surface area contributed by atoms with Crippen LogP contribution in [0.3, 0.4) is 0 Å². The molecule has 2 aliphatic rings. The number of fused-ring (bicyclic) bond motifs is 2. The molecule has 1 aliphatic carbocycles. The molecule has 5 rings (SSSR count).